The molecule has 6 nitrogen and oxygen atoms in total. The summed E-state index contributed by atoms with van der Waals surface area (Å²) in [6, 6.07) is 7.22. The summed E-state index contributed by atoms with van der Waals surface area (Å²) < 4.78 is 64.9. The van der Waals surface area contributed by atoms with Crippen molar-refractivity contribution in [2.75, 3.05) is 11.3 Å². The normalized spacial score (nSPS) is 11.3. The number of hydrogen-bond acceptors (Lipinski definition) is 5. The molecule has 0 radical (unpaired) electrons. The van der Waals surface area contributed by atoms with Crippen molar-refractivity contribution in [1.82, 2.24) is 0 Å². The topological polar surface area (TPSA) is 92.3 Å². The van der Waals surface area contributed by atoms with Crippen molar-refractivity contribution >= 4 is 38.3 Å². The summed E-state index contributed by atoms with van der Waals surface area (Å²) >= 11 is 5.81. The lowest BCUT2D eigenvalue weighted by Gasteiger charge is -2.10. The minimum atomic E-state index is -4.27. The average Bonchev–Trinajstić information content (AvgIpc) is 3.00. The zero-order chi connectivity index (χ0) is 18.9. The van der Waals surface area contributed by atoms with Crippen LogP contribution in [0.15, 0.2) is 45.9 Å². The van der Waals surface area contributed by atoms with Gasteiger partial charge >= 0.3 is 0 Å². The molecule has 1 heterocycles. The number of benzene rings is 2. The number of nitrogens with one attached hydrogen (secondary N) is 1. The summed E-state index contributed by atoms with van der Waals surface area (Å²) in [5.74, 6) is -2.60. The van der Waals surface area contributed by atoms with Crippen molar-refractivity contribution in [1.29, 1.82) is 5.26 Å². The fraction of sp³-hybridized carbons (Fsp3) is 0.0625. The molecule has 2 aromatic carbocycles. The van der Waals surface area contributed by atoms with Crippen LogP contribution >= 0.6 is 11.6 Å². The number of nitrogens with zero attached hydrogens (tertiary/aromatic N) is 1. The van der Waals surface area contributed by atoms with Crippen LogP contribution < -0.4 is 9.46 Å². The molecule has 134 valence electrons. The zero-order valence-corrected chi connectivity index (χ0v) is 14.4. The summed E-state index contributed by atoms with van der Waals surface area (Å²) in [6.45, 7) is -0.481. The minimum Gasteiger partial charge on any atom is -0.476 e. The number of anilines is 1. The van der Waals surface area contributed by atoms with E-state index in [4.69, 9.17) is 26.0 Å². The molecule has 0 amide bonds. The molecule has 0 fully saturated rings. The van der Waals surface area contributed by atoms with Gasteiger partial charge in [0.25, 0.3) is 10.0 Å². The first-order valence-corrected chi connectivity index (χ1v) is 8.86. The number of halogens is 3. The van der Waals surface area contributed by atoms with Gasteiger partial charge in [-0.1, -0.05) is 11.6 Å². The molecule has 0 unspecified atom stereocenters. The van der Waals surface area contributed by atoms with E-state index in [1.54, 1.807) is 6.07 Å². The summed E-state index contributed by atoms with van der Waals surface area (Å²) in [5.41, 5.74) is -0.389. The van der Waals surface area contributed by atoms with Crippen LogP contribution in [0.5, 0.6) is 5.75 Å². The van der Waals surface area contributed by atoms with Crippen LogP contribution in [0, 0.1) is 23.0 Å². The fourth-order valence-electron chi connectivity index (χ4n) is 2.21. The van der Waals surface area contributed by atoms with Gasteiger partial charge in [-0.3, -0.25) is 4.72 Å². The Morgan fingerprint density at radius 1 is 1.23 bits per heavy atom. The second kappa shape index (κ2) is 6.82. The van der Waals surface area contributed by atoms with Crippen molar-refractivity contribution < 1.29 is 26.4 Å². The minimum absolute atomic E-state index is 0.227. The molecule has 3 rings (SSSR count). The molecule has 1 N–H and O–H groups in total. The molecular weight excluding hydrogens is 390 g/mol. The lowest BCUT2D eigenvalue weighted by Crippen LogP contribution is -2.14. The summed E-state index contributed by atoms with van der Waals surface area (Å²) in [5, 5.41) is 8.99. The van der Waals surface area contributed by atoms with Crippen molar-refractivity contribution in [2.45, 2.75) is 4.90 Å². The van der Waals surface area contributed by atoms with Gasteiger partial charge in [-0.15, -0.1) is 0 Å². The Morgan fingerprint density at radius 2 is 2.00 bits per heavy atom. The molecule has 26 heavy (non-hydrogen) atoms. The maximum absolute atomic E-state index is 14.1. The third-order valence-electron chi connectivity index (χ3n) is 3.35. The Kier molecular flexibility index (Phi) is 4.71. The molecule has 0 spiro atoms. The highest BCUT2D eigenvalue weighted by molar-refractivity contribution is 7.93. The monoisotopic (exact) mass is 398 g/mol. The maximum atomic E-state index is 14.1. The second-order valence-corrected chi connectivity index (χ2v) is 7.14. The van der Waals surface area contributed by atoms with E-state index in [1.165, 1.54) is 18.2 Å². The van der Waals surface area contributed by atoms with Gasteiger partial charge in [0.05, 0.1) is 5.69 Å². The number of rotatable bonds is 5. The van der Waals surface area contributed by atoms with Gasteiger partial charge in [0.15, 0.2) is 24.0 Å². The largest absolute Gasteiger partial charge is 0.476 e. The third kappa shape index (κ3) is 3.42. The number of hydrogen-bond donors (Lipinski definition) is 1. The highest BCUT2D eigenvalue weighted by atomic mass is 35.5. The average molecular weight is 399 g/mol. The Labute approximate surface area is 151 Å². The molecule has 0 aliphatic heterocycles. The molecule has 0 saturated carbocycles. The quantitative estimate of drug-likeness (QED) is 0.699. The Hall–Kier alpha value is -2.83. The Balaban J connectivity index is 1.97. The molecule has 3 aromatic rings. The molecule has 0 aliphatic carbocycles. The predicted molar refractivity (Wildman–Crippen MR) is 89.5 cm³/mol. The summed E-state index contributed by atoms with van der Waals surface area (Å²) in [6.07, 6.45) is 0.974. The lowest BCUT2D eigenvalue weighted by atomic mass is 10.3. The van der Waals surface area contributed by atoms with E-state index in [1.807, 2.05) is 4.72 Å². The zero-order valence-electron chi connectivity index (χ0n) is 12.8. The number of ether oxygens (including phenoxy) is 1. The first kappa shape index (κ1) is 18.0. The van der Waals surface area contributed by atoms with Crippen LogP contribution in [0.1, 0.15) is 0 Å². The number of fused-ring (bicyclic) bond motifs is 1. The predicted octanol–water partition coefficient (Wildman–Crippen LogP) is 4.07. The molecule has 0 saturated heterocycles. The highest BCUT2D eigenvalue weighted by Crippen LogP contribution is 2.31. The van der Waals surface area contributed by atoms with Gasteiger partial charge in [0.2, 0.25) is 0 Å². The SMILES string of the molecule is N#CCOc1cc(F)c(NS(=O)(=O)c2coc3cc(Cl)ccc23)cc1F. The maximum Gasteiger partial charge on any atom is 0.265 e. The van der Waals surface area contributed by atoms with E-state index >= 15 is 0 Å². The van der Waals surface area contributed by atoms with Crippen LogP contribution in [-0.4, -0.2) is 15.0 Å². The second-order valence-electron chi connectivity index (χ2n) is 5.06. The standard InChI is InChI=1S/C16H9ClF2N2O4S/c17-9-1-2-10-14(5-9)25-8-16(10)26(22,23)21-13-6-12(19)15(7-11(13)18)24-4-3-20/h1-2,5-8,21H,4H2. The molecular formula is C16H9ClF2N2O4S. The third-order valence-corrected chi connectivity index (χ3v) is 4.97. The summed E-state index contributed by atoms with van der Waals surface area (Å²) in [4.78, 5) is -0.256. The molecule has 1 aromatic heterocycles. The van der Waals surface area contributed by atoms with E-state index in [0.29, 0.717) is 17.2 Å². The fourth-order valence-corrected chi connectivity index (χ4v) is 3.56. The Bertz CT molecular complexity index is 1140. The van der Waals surface area contributed by atoms with Crippen LogP contribution in [0.4, 0.5) is 14.5 Å². The lowest BCUT2D eigenvalue weighted by molar-refractivity contribution is 0.344. The smallest absolute Gasteiger partial charge is 0.265 e. The van der Waals surface area contributed by atoms with Gasteiger partial charge < -0.3 is 9.15 Å². The van der Waals surface area contributed by atoms with Crippen LogP contribution in [-0.2, 0) is 10.0 Å². The first-order valence-electron chi connectivity index (χ1n) is 7.00. The molecule has 0 atom stereocenters. The Morgan fingerprint density at radius 3 is 2.73 bits per heavy atom. The van der Waals surface area contributed by atoms with Crippen LogP contribution in [0.3, 0.4) is 0 Å². The molecule has 0 bridgehead atoms. The van der Waals surface area contributed by atoms with E-state index in [-0.39, 0.29) is 15.9 Å². The van der Waals surface area contributed by atoms with Gasteiger partial charge in [-0.2, -0.15) is 5.26 Å². The number of nitriles is 1. The highest BCUT2D eigenvalue weighted by Gasteiger charge is 2.23. The van der Waals surface area contributed by atoms with E-state index in [0.717, 1.165) is 6.26 Å². The number of sulfonamides is 1. The van der Waals surface area contributed by atoms with Crippen LogP contribution in [0.25, 0.3) is 11.0 Å². The van der Waals surface area contributed by atoms with Gasteiger partial charge in [-0.25, -0.2) is 17.2 Å². The van der Waals surface area contributed by atoms with Crippen LogP contribution in [0.2, 0.25) is 5.02 Å². The molecule has 0 aliphatic rings. The van der Waals surface area contributed by atoms with Gasteiger partial charge in [-0.05, 0) is 12.1 Å². The van der Waals surface area contributed by atoms with Gasteiger partial charge in [0, 0.05) is 28.6 Å². The van der Waals surface area contributed by atoms with E-state index < -0.39 is 39.7 Å². The van der Waals surface area contributed by atoms with E-state index in [2.05, 4.69) is 0 Å². The van der Waals surface area contributed by atoms with Crippen molar-refractivity contribution in [3.8, 4) is 11.8 Å². The van der Waals surface area contributed by atoms with Gasteiger partial charge in [0.1, 0.15) is 22.8 Å². The molecule has 10 heteroatoms. The van der Waals surface area contributed by atoms with E-state index in [9.17, 15) is 17.2 Å². The van der Waals surface area contributed by atoms with Crippen molar-refractivity contribution in [3.63, 3.8) is 0 Å². The van der Waals surface area contributed by atoms with Crippen molar-refractivity contribution in [2.24, 2.45) is 0 Å². The summed E-state index contributed by atoms with van der Waals surface area (Å²) in [7, 11) is -4.27. The first-order chi connectivity index (χ1) is 12.3. The van der Waals surface area contributed by atoms with Crippen molar-refractivity contribution in [3.05, 3.63) is 53.3 Å². The number of furan rings is 1.